The first-order valence-corrected chi connectivity index (χ1v) is 17.3. The maximum Gasteiger partial charge on any atom is 0.161 e. The lowest BCUT2D eigenvalue weighted by Gasteiger charge is -2.35. The number of ether oxygens (including phenoxy) is 1. The van der Waals surface area contributed by atoms with E-state index in [4.69, 9.17) is 9.84 Å². The SMILES string of the molecule is C=CC1(C)CCN(c2nnc(C)c3c(C)n(C4C=CC(OC)=CC4)c(C)c23)C[C@](C)(CC)C1.CC.CC.CC.CC.CC. The minimum absolute atomic E-state index is 0.145. The Balaban J connectivity index is 0. The van der Waals surface area contributed by atoms with Crippen molar-refractivity contribution < 1.29 is 4.74 Å². The Bertz CT molecular complexity index is 1130. The van der Waals surface area contributed by atoms with E-state index in [1.807, 2.05) is 69.2 Å². The van der Waals surface area contributed by atoms with Crippen LogP contribution in [0.15, 0.2) is 36.6 Å². The number of rotatable bonds is 5. The zero-order valence-electron chi connectivity index (χ0n) is 31.5. The summed E-state index contributed by atoms with van der Waals surface area (Å²) < 4.78 is 7.88. The van der Waals surface area contributed by atoms with Crippen LogP contribution in [-0.4, -0.2) is 35.0 Å². The Morgan fingerprint density at radius 1 is 0.930 bits per heavy atom. The van der Waals surface area contributed by atoms with Gasteiger partial charge >= 0.3 is 0 Å². The summed E-state index contributed by atoms with van der Waals surface area (Å²) in [5.41, 5.74) is 3.89. The largest absolute Gasteiger partial charge is 0.497 e. The van der Waals surface area contributed by atoms with E-state index in [0.717, 1.165) is 56.0 Å². The minimum Gasteiger partial charge on any atom is -0.497 e. The van der Waals surface area contributed by atoms with Crippen molar-refractivity contribution >= 4 is 16.6 Å². The summed E-state index contributed by atoms with van der Waals surface area (Å²) in [5, 5.41) is 12.0. The lowest BCUT2D eigenvalue weighted by Crippen LogP contribution is -2.35. The van der Waals surface area contributed by atoms with Crippen LogP contribution in [0.3, 0.4) is 0 Å². The molecule has 2 unspecified atom stereocenters. The number of nitrogens with zero attached hydrogens (tertiary/aromatic N) is 4. The summed E-state index contributed by atoms with van der Waals surface area (Å²) >= 11 is 0. The summed E-state index contributed by atoms with van der Waals surface area (Å²) in [7, 11) is 1.73. The second kappa shape index (κ2) is 21.2. The number of hydrogen-bond acceptors (Lipinski definition) is 4. The molecule has 248 valence electrons. The molecule has 0 amide bonds. The number of aromatic nitrogens is 3. The summed E-state index contributed by atoms with van der Waals surface area (Å²) in [6, 6.07) is 0.276. The van der Waals surface area contributed by atoms with E-state index >= 15 is 0 Å². The normalized spacial score (nSPS) is 22.2. The van der Waals surface area contributed by atoms with Crippen molar-refractivity contribution in [3.63, 3.8) is 0 Å². The molecule has 5 nitrogen and oxygen atoms in total. The van der Waals surface area contributed by atoms with E-state index in [1.165, 1.54) is 22.2 Å². The number of fused-ring (bicyclic) bond motifs is 1. The van der Waals surface area contributed by atoms with Crippen molar-refractivity contribution in [3.05, 3.63) is 53.7 Å². The smallest absolute Gasteiger partial charge is 0.161 e. The van der Waals surface area contributed by atoms with Crippen LogP contribution in [0, 0.1) is 31.6 Å². The van der Waals surface area contributed by atoms with Crippen molar-refractivity contribution in [1.29, 1.82) is 0 Å². The van der Waals surface area contributed by atoms with E-state index in [2.05, 4.69) is 87.0 Å². The molecule has 0 bridgehead atoms. The van der Waals surface area contributed by atoms with Crippen LogP contribution in [-0.2, 0) is 4.74 Å². The maximum atomic E-state index is 5.41. The quantitative estimate of drug-likeness (QED) is 0.321. The van der Waals surface area contributed by atoms with Crippen LogP contribution in [0.4, 0.5) is 5.82 Å². The predicted molar refractivity (Wildman–Crippen MR) is 195 cm³/mol. The molecule has 0 spiro atoms. The van der Waals surface area contributed by atoms with Crippen LogP contribution in [0.25, 0.3) is 10.8 Å². The van der Waals surface area contributed by atoms with Crippen molar-refractivity contribution in [2.45, 2.75) is 143 Å². The number of allylic oxidation sites excluding steroid dienone is 4. The van der Waals surface area contributed by atoms with Crippen molar-refractivity contribution in [2.24, 2.45) is 10.8 Å². The van der Waals surface area contributed by atoms with E-state index in [1.54, 1.807) is 7.11 Å². The number of methoxy groups -OCH3 is 1. The standard InChI is InChI=1S/C28H40N4O.5C2H6/c1-9-27(6)15-16-31(18-28(7,10-2)17-27)26-25-21(5)32(20(4)24(25)19(3)29-30-26)22-11-13-23(33-8)14-12-22;5*1-2/h9,11,13-14,22H,1,10,12,15-18H2,2-8H3;5*1-2H3/t22?,27?,28-;;;;;/m1...../s1. The van der Waals surface area contributed by atoms with Gasteiger partial charge in [-0.15, -0.1) is 11.7 Å². The van der Waals surface area contributed by atoms with Gasteiger partial charge in [0.25, 0.3) is 0 Å². The molecular weight excluding hydrogens is 528 g/mol. The van der Waals surface area contributed by atoms with Crippen LogP contribution in [0.5, 0.6) is 0 Å². The van der Waals surface area contributed by atoms with Gasteiger partial charge in [0.05, 0.1) is 18.8 Å². The van der Waals surface area contributed by atoms with E-state index < -0.39 is 0 Å². The Kier molecular flexibility index (Phi) is 21.0. The molecule has 3 atom stereocenters. The first-order chi connectivity index (χ1) is 20.6. The highest BCUT2D eigenvalue weighted by Crippen LogP contribution is 2.45. The predicted octanol–water partition coefficient (Wildman–Crippen LogP) is 11.7. The molecule has 0 saturated carbocycles. The highest BCUT2D eigenvalue weighted by molar-refractivity contribution is 5.98. The van der Waals surface area contributed by atoms with Gasteiger partial charge in [-0.3, -0.25) is 0 Å². The molecule has 1 fully saturated rings. The average Bonchev–Trinajstić information content (AvgIpc) is 3.25. The highest BCUT2D eigenvalue weighted by atomic mass is 16.5. The fourth-order valence-corrected chi connectivity index (χ4v) is 6.09. The first-order valence-electron chi connectivity index (χ1n) is 17.3. The Labute approximate surface area is 267 Å². The van der Waals surface area contributed by atoms with Crippen LogP contribution >= 0.6 is 0 Å². The zero-order valence-corrected chi connectivity index (χ0v) is 31.5. The molecule has 0 aromatic carbocycles. The molecule has 2 aromatic heterocycles. The number of hydrogen-bond donors (Lipinski definition) is 0. The van der Waals surface area contributed by atoms with Gasteiger partial charge in [-0.2, -0.15) is 5.10 Å². The molecule has 5 heteroatoms. The molecule has 1 aliphatic carbocycles. The van der Waals surface area contributed by atoms with Gasteiger partial charge in [0.15, 0.2) is 5.82 Å². The third-order valence-electron chi connectivity index (χ3n) is 8.19. The molecular formula is C38H70N4O. The van der Waals surface area contributed by atoms with Gasteiger partial charge in [-0.05, 0) is 69.4 Å². The fraction of sp³-hybridized carbons (Fsp3) is 0.684. The average molecular weight is 599 g/mol. The molecule has 1 aliphatic heterocycles. The van der Waals surface area contributed by atoms with Crippen molar-refractivity contribution in [3.8, 4) is 0 Å². The van der Waals surface area contributed by atoms with E-state index in [-0.39, 0.29) is 16.9 Å². The molecule has 2 aliphatic rings. The summed E-state index contributed by atoms with van der Waals surface area (Å²) in [6.07, 6.45) is 13.0. The number of anilines is 1. The van der Waals surface area contributed by atoms with Gasteiger partial charge in [-0.1, -0.05) is 102 Å². The van der Waals surface area contributed by atoms with E-state index in [9.17, 15) is 0 Å². The zero-order chi connectivity index (χ0) is 34.0. The Morgan fingerprint density at radius 3 is 1.95 bits per heavy atom. The second-order valence-corrected chi connectivity index (χ2v) is 10.7. The first kappa shape index (κ1) is 42.6. The molecule has 43 heavy (non-hydrogen) atoms. The van der Waals surface area contributed by atoms with Crippen molar-refractivity contribution in [2.75, 3.05) is 25.1 Å². The minimum atomic E-state index is 0.145. The van der Waals surface area contributed by atoms with Crippen molar-refractivity contribution in [1.82, 2.24) is 14.8 Å². The third-order valence-corrected chi connectivity index (χ3v) is 8.19. The lowest BCUT2D eigenvalue weighted by atomic mass is 9.71. The van der Waals surface area contributed by atoms with Gasteiger partial charge in [-0.25, -0.2) is 0 Å². The van der Waals surface area contributed by atoms with Gasteiger partial charge < -0.3 is 14.2 Å². The summed E-state index contributed by atoms with van der Waals surface area (Å²) in [4.78, 5) is 2.50. The molecule has 0 radical (unpaired) electrons. The topological polar surface area (TPSA) is 43.2 Å². The molecule has 1 saturated heterocycles. The van der Waals surface area contributed by atoms with Crippen LogP contribution in [0.2, 0.25) is 0 Å². The molecule has 2 aromatic rings. The number of aryl methyl sites for hydroxylation is 3. The second-order valence-electron chi connectivity index (χ2n) is 10.7. The third kappa shape index (κ3) is 10.3. The van der Waals surface area contributed by atoms with Gasteiger partial charge in [0, 0.05) is 35.2 Å². The van der Waals surface area contributed by atoms with Crippen LogP contribution < -0.4 is 4.90 Å². The van der Waals surface area contributed by atoms with Crippen LogP contribution in [0.1, 0.15) is 139 Å². The lowest BCUT2D eigenvalue weighted by molar-refractivity contribution is 0.214. The fourth-order valence-electron chi connectivity index (χ4n) is 6.09. The summed E-state index contributed by atoms with van der Waals surface area (Å²) in [5.74, 6) is 1.98. The van der Waals surface area contributed by atoms with Gasteiger partial charge in [0.1, 0.15) is 5.76 Å². The van der Waals surface area contributed by atoms with Gasteiger partial charge in [0.2, 0.25) is 0 Å². The molecule has 0 N–H and O–H groups in total. The Morgan fingerprint density at radius 2 is 1.49 bits per heavy atom. The monoisotopic (exact) mass is 599 g/mol. The van der Waals surface area contributed by atoms with E-state index in [0.29, 0.717) is 0 Å². The Hall–Kier alpha value is -2.56. The highest BCUT2D eigenvalue weighted by Gasteiger charge is 2.38. The molecule has 3 heterocycles. The maximum absolute atomic E-state index is 5.41. The summed E-state index contributed by atoms with van der Waals surface area (Å²) in [6.45, 7) is 39.8. The molecule has 4 rings (SSSR count).